The second kappa shape index (κ2) is 6.06. The molecule has 1 aliphatic heterocycles. The topological polar surface area (TPSA) is 101 Å². The van der Waals surface area contributed by atoms with Crippen LogP contribution in [0.3, 0.4) is 0 Å². The monoisotopic (exact) mass is 368 g/mol. The lowest BCUT2D eigenvalue weighted by Gasteiger charge is -2.25. The van der Waals surface area contributed by atoms with Crippen LogP contribution >= 0.6 is 0 Å². The number of amides is 1. The van der Waals surface area contributed by atoms with Crippen molar-refractivity contribution in [2.45, 2.75) is 12.3 Å². The van der Waals surface area contributed by atoms with E-state index in [1.165, 1.54) is 0 Å². The number of fused-ring (bicyclic) bond motifs is 2. The van der Waals surface area contributed by atoms with Crippen LogP contribution in [0.1, 0.15) is 23.6 Å². The van der Waals surface area contributed by atoms with E-state index in [-0.39, 0.29) is 18.2 Å². The average Bonchev–Trinajstić information content (AvgIpc) is 2.59. The maximum absolute atomic E-state index is 12.2. The third-order valence-electron chi connectivity index (χ3n) is 4.22. The van der Waals surface area contributed by atoms with Crippen molar-refractivity contribution in [3.8, 4) is 0 Å². The van der Waals surface area contributed by atoms with Gasteiger partial charge in [0.15, 0.2) is 0 Å². The van der Waals surface area contributed by atoms with Crippen molar-refractivity contribution < 1.29 is 13.2 Å². The highest BCUT2D eigenvalue weighted by atomic mass is 32.2. The Morgan fingerprint density at radius 1 is 1.15 bits per heavy atom. The van der Waals surface area contributed by atoms with E-state index < -0.39 is 10.0 Å². The first kappa shape index (κ1) is 16.5. The van der Waals surface area contributed by atoms with Crippen molar-refractivity contribution in [3.05, 3.63) is 59.9 Å². The molecule has 7 nitrogen and oxygen atoms in total. The van der Waals surface area contributed by atoms with E-state index in [0.29, 0.717) is 17.1 Å². The van der Waals surface area contributed by atoms with Gasteiger partial charge >= 0.3 is 0 Å². The number of hydrogen-bond acceptors (Lipinski definition) is 5. The van der Waals surface area contributed by atoms with E-state index >= 15 is 0 Å². The van der Waals surface area contributed by atoms with Gasteiger partial charge in [0.05, 0.1) is 28.7 Å². The summed E-state index contributed by atoms with van der Waals surface area (Å²) in [6, 6.07) is 12.7. The van der Waals surface area contributed by atoms with Crippen molar-refractivity contribution in [2.24, 2.45) is 0 Å². The van der Waals surface area contributed by atoms with E-state index in [9.17, 15) is 13.2 Å². The van der Waals surface area contributed by atoms with Crippen molar-refractivity contribution in [1.29, 1.82) is 0 Å². The van der Waals surface area contributed by atoms with Crippen LogP contribution in [-0.4, -0.2) is 30.5 Å². The van der Waals surface area contributed by atoms with Crippen LogP contribution in [0, 0.1) is 0 Å². The summed E-state index contributed by atoms with van der Waals surface area (Å²) < 4.78 is 25.3. The summed E-state index contributed by atoms with van der Waals surface area (Å²) in [6.45, 7) is 0. The van der Waals surface area contributed by atoms with E-state index in [1.54, 1.807) is 18.3 Å². The van der Waals surface area contributed by atoms with E-state index in [2.05, 4.69) is 20.0 Å². The number of para-hydroxylation sites is 2. The Morgan fingerprint density at radius 3 is 2.69 bits per heavy atom. The molecule has 0 bridgehead atoms. The van der Waals surface area contributed by atoms with Gasteiger partial charge < -0.3 is 5.32 Å². The molecule has 132 valence electrons. The minimum atomic E-state index is -3.39. The molecule has 4 rings (SSSR count). The number of rotatable bonds is 3. The summed E-state index contributed by atoms with van der Waals surface area (Å²) in [4.78, 5) is 21.3. The summed E-state index contributed by atoms with van der Waals surface area (Å²) in [6.07, 6.45) is 3.04. The summed E-state index contributed by atoms with van der Waals surface area (Å²) in [5.41, 5.74) is 4.14. The van der Waals surface area contributed by atoms with Gasteiger partial charge in [0.2, 0.25) is 15.9 Å². The number of nitrogens with zero attached hydrogens (tertiary/aromatic N) is 2. The van der Waals surface area contributed by atoms with E-state index in [0.717, 1.165) is 22.9 Å². The van der Waals surface area contributed by atoms with Crippen LogP contribution in [0.2, 0.25) is 0 Å². The maximum atomic E-state index is 12.2. The largest absolute Gasteiger partial charge is 0.326 e. The lowest BCUT2D eigenvalue weighted by atomic mass is 9.88. The highest BCUT2D eigenvalue weighted by Gasteiger charge is 2.28. The fourth-order valence-corrected chi connectivity index (χ4v) is 3.70. The summed E-state index contributed by atoms with van der Waals surface area (Å²) in [5, 5.41) is 2.80. The third kappa shape index (κ3) is 3.23. The number of sulfonamides is 1. The fraction of sp³-hybridized carbons (Fsp3) is 0.167. The Balaban J connectivity index is 1.77. The Bertz CT molecular complexity index is 1130. The zero-order chi connectivity index (χ0) is 18.3. The molecule has 2 heterocycles. The third-order valence-corrected chi connectivity index (χ3v) is 4.83. The normalized spacial score (nSPS) is 16.8. The molecule has 0 radical (unpaired) electrons. The zero-order valence-corrected chi connectivity index (χ0v) is 14.7. The van der Waals surface area contributed by atoms with Crippen LogP contribution in [0.25, 0.3) is 11.0 Å². The van der Waals surface area contributed by atoms with Crippen LogP contribution < -0.4 is 10.0 Å². The van der Waals surface area contributed by atoms with E-state index in [4.69, 9.17) is 0 Å². The standard InChI is InChI=1S/C18H16N4O3S/c1-26(24,25)22-11-6-7-12-13(9-18(23)21-16(12)8-11)17-10-19-14-4-2-3-5-15(14)20-17/h2-8,10,13,22H,9H2,1H3,(H,21,23)/t13-/m1/s1. The second-order valence-electron chi connectivity index (χ2n) is 6.26. The molecule has 0 spiro atoms. The number of nitrogens with one attached hydrogen (secondary N) is 2. The van der Waals surface area contributed by atoms with Gasteiger partial charge in [-0.2, -0.15) is 0 Å². The molecule has 0 fully saturated rings. The Hall–Kier alpha value is -3.00. The highest BCUT2D eigenvalue weighted by Crippen LogP contribution is 2.37. The molecule has 3 aromatic rings. The quantitative estimate of drug-likeness (QED) is 0.740. The predicted octanol–water partition coefficient (Wildman–Crippen LogP) is 2.48. The van der Waals surface area contributed by atoms with Crippen LogP contribution in [0.15, 0.2) is 48.7 Å². The molecule has 0 saturated carbocycles. The molecule has 26 heavy (non-hydrogen) atoms. The van der Waals surface area contributed by atoms with Gasteiger partial charge in [-0.05, 0) is 29.8 Å². The number of aromatic nitrogens is 2. The zero-order valence-electron chi connectivity index (χ0n) is 13.9. The summed E-state index contributed by atoms with van der Waals surface area (Å²) in [7, 11) is -3.39. The molecule has 1 aromatic heterocycles. The second-order valence-corrected chi connectivity index (χ2v) is 8.01. The maximum Gasteiger partial charge on any atom is 0.229 e. The molecule has 8 heteroatoms. The predicted molar refractivity (Wildman–Crippen MR) is 99.5 cm³/mol. The van der Waals surface area contributed by atoms with Gasteiger partial charge in [0, 0.05) is 24.2 Å². The molecule has 0 saturated heterocycles. The van der Waals surface area contributed by atoms with Gasteiger partial charge in [-0.15, -0.1) is 0 Å². The summed E-state index contributed by atoms with van der Waals surface area (Å²) in [5.74, 6) is -0.378. The molecular weight excluding hydrogens is 352 g/mol. The molecule has 1 atom stereocenters. The Morgan fingerprint density at radius 2 is 1.92 bits per heavy atom. The number of carbonyl (C=O) groups excluding carboxylic acids is 1. The van der Waals surface area contributed by atoms with Crippen LogP contribution in [0.4, 0.5) is 11.4 Å². The average molecular weight is 368 g/mol. The van der Waals surface area contributed by atoms with Crippen LogP contribution in [-0.2, 0) is 14.8 Å². The smallest absolute Gasteiger partial charge is 0.229 e. The number of carbonyl (C=O) groups is 1. The van der Waals surface area contributed by atoms with Gasteiger partial charge in [-0.25, -0.2) is 13.4 Å². The molecular formula is C18H16N4O3S. The first-order valence-electron chi connectivity index (χ1n) is 8.02. The Kier molecular flexibility index (Phi) is 3.84. The summed E-state index contributed by atoms with van der Waals surface area (Å²) >= 11 is 0. The molecule has 1 aliphatic rings. The molecule has 2 aromatic carbocycles. The van der Waals surface area contributed by atoms with Gasteiger partial charge in [-0.1, -0.05) is 18.2 Å². The molecule has 0 aliphatic carbocycles. The van der Waals surface area contributed by atoms with Crippen molar-refractivity contribution >= 4 is 38.3 Å². The van der Waals surface area contributed by atoms with Crippen molar-refractivity contribution in [1.82, 2.24) is 9.97 Å². The van der Waals surface area contributed by atoms with Crippen LogP contribution in [0.5, 0.6) is 0 Å². The molecule has 1 amide bonds. The number of benzene rings is 2. The van der Waals surface area contributed by atoms with Gasteiger partial charge in [0.1, 0.15) is 0 Å². The number of hydrogen-bond donors (Lipinski definition) is 2. The lowest BCUT2D eigenvalue weighted by Crippen LogP contribution is -2.24. The first-order chi connectivity index (χ1) is 12.4. The first-order valence-corrected chi connectivity index (χ1v) is 9.91. The SMILES string of the molecule is CS(=O)(=O)Nc1ccc2c(c1)NC(=O)C[C@H]2c1cnc2ccccc2n1. The Labute approximate surface area is 150 Å². The molecule has 2 N–H and O–H groups in total. The van der Waals surface area contributed by atoms with Gasteiger partial charge in [-0.3, -0.25) is 14.5 Å². The van der Waals surface area contributed by atoms with Gasteiger partial charge in [0.25, 0.3) is 0 Å². The lowest BCUT2D eigenvalue weighted by molar-refractivity contribution is -0.116. The minimum absolute atomic E-state index is 0.144. The number of anilines is 2. The molecule has 0 unspecified atom stereocenters. The minimum Gasteiger partial charge on any atom is -0.326 e. The van der Waals surface area contributed by atoms with Crippen molar-refractivity contribution in [2.75, 3.05) is 16.3 Å². The highest BCUT2D eigenvalue weighted by molar-refractivity contribution is 7.92. The van der Waals surface area contributed by atoms with Crippen molar-refractivity contribution in [3.63, 3.8) is 0 Å². The van der Waals surface area contributed by atoms with E-state index in [1.807, 2.05) is 30.3 Å². The fourth-order valence-electron chi connectivity index (χ4n) is 3.15.